The van der Waals surface area contributed by atoms with Crippen molar-refractivity contribution in [2.75, 3.05) is 6.54 Å². The third-order valence-electron chi connectivity index (χ3n) is 3.47. The van der Waals surface area contributed by atoms with Gasteiger partial charge in [-0.25, -0.2) is 9.97 Å². The predicted octanol–water partition coefficient (Wildman–Crippen LogP) is 1.88. The van der Waals surface area contributed by atoms with Gasteiger partial charge in [-0.15, -0.1) is 0 Å². The fourth-order valence-corrected chi connectivity index (χ4v) is 2.22. The Morgan fingerprint density at radius 3 is 2.81 bits per heavy atom. The summed E-state index contributed by atoms with van der Waals surface area (Å²) in [4.78, 5) is 8.17. The number of imidazole rings is 1. The summed E-state index contributed by atoms with van der Waals surface area (Å²) in [6.45, 7) is 3.02. The molecule has 0 saturated heterocycles. The van der Waals surface area contributed by atoms with Crippen LogP contribution in [0.15, 0.2) is 49.3 Å². The second-order valence-electron chi connectivity index (χ2n) is 4.92. The zero-order valence-corrected chi connectivity index (χ0v) is 11.9. The van der Waals surface area contributed by atoms with Crippen molar-refractivity contribution >= 4 is 0 Å². The lowest BCUT2D eigenvalue weighted by Crippen LogP contribution is -2.21. The Hall–Kier alpha value is -2.47. The molecule has 0 radical (unpaired) electrons. The molecule has 6 heteroatoms. The van der Waals surface area contributed by atoms with Crippen molar-refractivity contribution in [1.82, 2.24) is 30.0 Å². The van der Waals surface area contributed by atoms with Crippen LogP contribution in [0.4, 0.5) is 0 Å². The molecular weight excluding hydrogens is 264 g/mol. The molecule has 0 bridgehead atoms. The number of rotatable bonds is 6. The van der Waals surface area contributed by atoms with Crippen molar-refractivity contribution in [3.8, 4) is 5.69 Å². The van der Waals surface area contributed by atoms with Gasteiger partial charge >= 0.3 is 0 Å². The predicted molar refractivity (Wildman–Crippen MR) is 80.1 cm³/mol. The highest BCUT2D eigenvalue weighted by Gasteiger charge is 2.05. The Morgan fingerprint density at radius 2 is 2.14 bits per heavy atom. The molecule has 1 aromatic carbocycles. The van der Waals surface area contributed by atoms with Crippen LogP contribution in [-0.2, 0) is 6.42 Å². The van der Waals surface area contributed by atoms with Crippen LogP contribution in [0.2, 0.25) is 0 Å². The van der Waals surface area contributed by atoms with Crippen LogP contribution < -0.4 is 5.32 Å². The van der Waals surface area contributed by atoms with E-state index >= 15 is 0 Å². The molecule has 0 spiro atoms. The van der Waals surface area contributed by atoms with Crippen LogP contribution >= 0.6 is 0 Å². The number of nitrogens with one attached hydrogen (secondary N) is 2. The van der Waals surface area contributed by atoms with E-state index in [0.29, 0.717) is 6.04 Å². The average molecular weight is 282 g/mol. The molecule has 0 fully saturated rings. The quantitative estimate of drug-likeness (QED) is 0.724. The highest BCUT2D eigenvalue weighted by atomic mass is 15.2. The molecule has 2 heterocycles. The van der Waals surface area contributed by atoms with Crippen LogP contribution in [0.25, 0.3) is 5.69 Å². The Bertz CT molecular complexity index is 642. The van der Waals surface area contributed by atoms with Gasteiger partial charge in [-0.2, -0.15) is 5.10 Å². The second-order valence-corrected chi connectivity index (χ2v) is 4.92. The first-order valence-electron chi connectivity index (χ1n) is 6.99. The minimum absolute atomic E-state index is 0.296. The third kappa shape index (κ3) is 3.35. The van der Waals surface area contributed by atoms with Crippen LogP contribution in [-0.4, -0.2) is 31.3 Å². The van der Waals surface area contributed by atoms with Gasteiger partial charge < -0.3 is 9.88 Å². The molecule has 1 atom stereocenters. The Kier molecular flexibility index (Phi) is 4.07. The number of nitrogens with zero attached hydrogens (tertiary/aromatic N) is 4. The summed E-state index contributed by atoms with van der Waals surface area (Å²) in [6, 6.07) is 8.78. The number of hydrogen-bond donors (Lipinski definition) is 2. The average Bonchev–Trinajstić information content (AvgIpc) is 3.21. The van der Waals surface area contributed by atoms with Crippen LogP contribution in [0, 0.1) is 0 Å². The van der Waals surface area contributed by atoms with Crippen molar-refractivity contribution in [1.29, 1.82) is 0 Å². The summed E-state index contributed by atoms with van der Waals surface area (Å²) in [6.07, 6.45) is 7.90. The van der Waals surface area contributed by atoms with Gasteiger partial charge in [0.15, 0.2) is 0 Å². The molecule has 0 saturated carbocycles. The fourth-order valence-electron chi connectivity index (χ4n) is 2.22. The van der Waals surface area contributed by atoms with Crippen molar-refractivity contribution in [2.45, 2.75) is 19.4 Å². The summed E-state index contributed by atoms with van der Waals surface area (Å²) >= 11 is 0. The van der Waals surface area contributed by atoms with Crippen molar-refractivity contribution in [3.63, 3.8) is 0 Å². The monoisotopic (exact) mass is 282 g/mol. The van der Waals surface area contributed by atoms with E-state index in [1.54, 1.807) is 12.5 Å². The van der Waals surface area contributed by atoms with Gasteiger partial charge in [0.2, 0.25) is 0 Å². The Morgan fingerprint density at radius 1 is 1.29 bits per heavy atom. The normalized spacial score (nSPS) is 12.4. The van der Waals surface area contributed by atoms with Crippen molar-refractivity contribution in [3.05, 3.63) is 60.7 Å². The molecule has 3 aromatic rings. The number of H-pyrrole nitrogens is 1. The van der Waals surface area contributed by atoms with E-state index in [4.69, 9.17) is 0 Å². The molecule has 108 valence electrons. The molecule has 21 heavy (non-hydrogen) atoms. The summed E-state index contributed by atoms with van der Waals surface area (Å²) in [7, 11) is 0. The molecule has 3 rings (SSSR count). The molecule has 0 aliphatic rings. The maximum absolute atomic E-state index is 4.11. The van der Waals surface area contributed by atoms with Gasteiger partial charge in [-0.05, 0) is 24.6 Å². The molecule has 6 nitrogen and oxygen atoms in total. The number of benzene rings is 1. The van der Waals surface area contributed by atoms with Gasteiger partial charge in [0.1, 0.15) is 12.2 Å². The van der Waals surface area contributed by atoms with Crippen LogP contribution in [0.1, 0.15) is 24.4 Å². The lowest BCUT2D eigenvalue weighted by Gasteiger charge is -2.14. The lowest BCUT2D eigenvalue weighted by molar-refractivity contribution is 0.570. The van der Waals surface area contributed by atoms with Gasteiger partial charge in [0.25, 0.3) is 0 Å². The molecule has 2 N–H and O–H groups in total. The minimum atomic E-state index is 0.296. The van der Waals surface area contributed by atoms with E-state index in [1.165, 1.54) is 11.9 Å². The molecule has 1 unspecified atom stereocenters. The minimum Gasteiger partial charge on any atom is -0.310 e. The third-order valence-corrected chi connectivity index (χ3v) is 3.47. The smallest absolute Gasteiger partial charge is 0.137 e. The fraction of sp³-hybridized carbons (Fsp3) is 0.267. The standard InChI is InChI=1S/C15H18N6/c1-12(17-7-6-15-18-10-19-20-15)13-2-4-14(5-3-13)21-9-8-16-11-21/h2-5,8-12,17H,6-7H2,1H3,(H,18,19,20). The van der Waals surface area contributed by atoms with Crippen molar-refractivity contribution in [2.24, 2.45) is 0 Å². The van der Waals surface area contributed by atoms with Crippen molar-refractivity contribution < 1.29 is 0 Å². The second kappa shape index (κ2) is 6.32. The molecule has 0 amide bonds. The maximum atomic E-state index is 4.11. The summed E-state index contributed by atoms with van der Waals surface area (Å²) in [5, 5.41) is 10.2. The lowest BCUT2D eigenvalue weighted by atomic mass is 10.1. The first-order chi connectivity index (χ1) is 10.3. The summed E-state index contributed by atoms with van der Waals surface area (Å²) in [5.74, 6) is 0.908. The highest BCUT2D eigenvalue weighted by Crippen LogP contribution is 2.15. The van der Waals surface area contributed by atoms with E-state index in [2.05, 4.69) is 56.7 Å². The number of aromatic amines is 1. The van der Waals surface area contributed by atoms with E-state index in [0.717, 1.165) is 24.5 Å². The highest BCUT2D eigenvalue weighted by molar-refractivity contribution is 5.35. The molecule has 2 aromatic heterocycles. The van der Waals surface area contributed by atoms with Gasteiger partial charge in [-0.1, -0.05) is 12.1 Å². The van der Waals surface area contributed by atoms with E-state index in [9.17, 15) is 0 Å². The van der Waals surface area contributed by atoms with E-state index < -0.39 is 0 Å². The molecular formula is C15H18N6. The zero-order valence-electron chi connectivity index (χ0n) is 11.9. The van der Waals surface area contributed by atoms with E-state index in [-0.39, 0.29) is 0 Å². The van der Waals surface area contributed by atoms with Crippen LogP contribution in [0.5, 0.6) is 0 Å². The Balaban J connectivity index is 1.56. The maximum Gasteiger partial charge on any atom is 0.137 e. The summed E-state index contributed by atoms with van der Waals surface area (Å²) < 4.78 is 1.99. The van der Waals surface area contributed by atoms with E-state index in [1.807, 2.05) is 10.8 Å². The Labute approximate surface area is 123 Å². The van der Waals surface area contributed by atoms with Gasteiger partial charge in [-0.3, -0.25) is 5.10 Å². The molecule has 0 aliphatic heterocycles. The first kappa shape index (κ1) is 13.5. The first-order valence-corrected chi connectivity index (χ1v) is 6.99. The summed E-state index contributed by atoms with van der Waals surface area (Å²) in [5.41, 5.74) is 2.38. The topological polar surface area (TPSA) is 71.4 Å². The van der Waals surface area contributed by atoms with Gasteiger partial charge in [0.05, 0.1) is 6.33 Å². The number of aromatic nitrogens is 5. The SMILES string of the molecule is CC(NCCc1ncn[nH]1)c1ccc(-n2ccnc2)cc1. The van der Waals surface area contributed by atoms with Gasteiger partial charge in [0, 0.05) is 37.1 Å². The largest absolute Gasteiger partial charge is 0.310 e. The molecule has 0 aliphatic carbocycles. The zero-order chi connectivity index (χ0) is 14.5. The number of hydrogen-bond acceptors (Lipinski definition) is 4. The van der Waals surface area contributed by atoms with Crippen LogP contribution in [0.3, 0.4) is 0 Å².